The highest BCUT2D eigenvalue weighted by Crippen LogP contribution is 2.24. The second-order valence-electron chi connectivity index (χ2n) is 5.73. The molecule has 0 unspecified atom stereocenters. The zero-order valence-corrected chi connectivity index (χ0v) is 15.6. The maximum atomic E-state index is 12.6. The van der Waals surface area contributed by atoms with Gasteiger partial charge in [-0.25, -0.2) is 0 Å². The van der Waals surface area contributed by atoms with Gasteiger partial charge in [-0.1, -0.05) is 28.1 Å². The number of H-pyrrole nitrogens is 1. The van der Waals surface area contributed by atoms with Gasteiger partial charge in [0.25, 0.3) is 0 Å². The quantitative estimate of drug-likeness (QED) is 0.662. The minimum atomic E-state index is -0.204. The Balaban J connectivity index is 1.85. The number of nitrogens with one attached hydrogen (secondary N) is 1. The molecule has 0 amide bonds. The summed E-state index contributed by atoms with van der Waals surface area (Å²) in [5.74, 6) is 0.161. The molecule has 1 N–H and O–H groups in total. The van der Waals surface area contributed by atoms with Gasteiger partial charge in [0.15, 0.2) is 5.78 Å². The highest BCUT2D eigenvalue weighted by molar-refractivity contribution is 9.10. The minimum absolute atomic E-state index is 0.0599. The zero-order chi connectivity index (χ0) is 18.1. The fourth-order valence-corrected chi connectivity index (χ4v) is 3.29. The van der Waals surface area contributed by atoms with Gasteiger partial charge >= 0.3 is 0 Å². The Morgan fingerprint density at radius 3 is 2.60 bits per heavy atom. The van der Waals surface area contributed by atoms with Crippen LogP contribution in [0.4, 0.5) is 0 Å². The van der Waals surface area contributed by atoms with Crippen LogP contribution in [0.3, 0.4) is 0 Å². The molecule has 7 nitrogen and oxygen atoms in total. The van der Waals surface area contributed by atoms with Crippen LogP contribution in [0.1, 0.15) is 39.0 Å². The number of rotatable bonds is 5. The van der Waals surface area contributed by atoms with Crippen molar-refractivity contribution in [2.45, 2.75) is 27.3 Å². The van der Waals surface area contributed by atoms with Crippen LogP contribution in [0, 0.1) is 13.8 Å². The Morgan fingerprint density at radius 2 is 1.96 bits per heavy atom. The zero-order valence-electron chi connectivity index (χ0n) is 14.0. The SMILES string of the molecule is CC(=O)c1c(C)[nH]c(C(=O)Cn2nnc(-c3ccccc3Br)n2)c1C. The second-order valence-corrected chi connectivity index (χ2v) is 6.58. The molecule has 0 saturated carbocycles. The largest absolute Gasteiger partial charge is 0.355 e. The predicted molar refractivity (Wildman–Crippen MR) is 95.6 cm³/mol. The summed E-state index contributed by atoms with van der Waals surface area (Å²) in [4.78, 5) is 28.5. The summed E-state index contributed by atoms with van der Waals surface area (Å²) in [6, 6.07) is 7.52. The van der Waals surface area contributed by atoms with Crippen molar-refractivity contribution in [1.82, 2.24) is 25.2 Å². The average Bonchev–Trinajstić information content (AvgIpc) is 3.12. The van der Waals surface area contributed by atoms with Gasteiger partial charge in [-0.15, -0.1) is 10.2 Å². The molecule has 25 heavy (non-hydrogen) atoms. The van der Waals surface area contributed by atoms with E-state index in [2.05, 4.69) is 36.3 Å². The Bertz CT molecular complexity index is 973. The van der Waals surface area contributed by atoms with E-state index in [-0.39, 0.29) is 18.1 Å². The summed E-state index contributed by atoms with van der Waals surface area (Å²) >= 11 is 3.44. The number of aryl methyl sites for hydroxylation is 1. The van der Waals surface area contributed by atoms with Crippen LogP contribution in [0.5, 0.6) is 0 Å². The smallest absolute Gasteiger partial charge is 0.206 e. The molecule has 0 aliphatic heterocycles. The van der Waals surface area contributed by atoms with Crippen molar-refractivity contribution in [3.8, 4) is 11.4 Å². The van der Waals surface area contributed by atoms with Crippen LogP contribution in [-0.4, -0.2) is 36.8 Å². The molecule has 3 rings (SSSR count). The maximum Gasteiger partial charge on any atom is 0.206 e. The highest BCUT2D eigenvalue weighted by atomic mass is 79.9. The molecular weight excluding hydrogens is 386 g/mol. The van der Waals surface area contributed by atoms with E-state index < -0.39 is 0 Å². The predicted octanol–water partition coefficient (Wildman–Crippen LogP) is 3.13. The lowest BCUT2D eigenvalue weighted by molar-refractivity contribution is 0.0956. The lowest BCUT2D eigenvalue weighted by atomic mass is 10.1. The van der Waals surface area contributed by atoms with Crippen molar-refractivity contribution in [2.24, 2.45) is 0 Å². The number of benzene rings is 1. The van der Waals surface area contributed by atoms with E-state index in [0.717, 1.165) is 10.0 Å². The first-order valence-corrected chi connectivity index (χ1v) is 8.43. The maximum absolute atomic E-state index is 12.6. The molecule has 0 radical (unpaired) electrons. The van der Waals surface area contributed by atoms with Crippen molar-refractivity contribution < 1.29 is 9.59 Å². The molecule has 3 aromatic rings. The molecule has 0 spiro atoms. The monoisotopic (exact) mass is 401 g/mol. The lowest BCUT2D eigenvalue weighted by Crippen LogP contribution is -2.14. The number of carbonyl (C=O) groups is 2. The third kappa shape index (κ3) is 3.30. The summed E-state index contributed by atoms with van der Waals surface area (Å²) in [6.07, 6.45) is 0. The van der Waals surface area contributed by atoms with E-state index in [1.165, 1.54) is 11.7 Å². The molecule has 8 heteroatoms. The first kappa shape index (κ1) is 17.2. The molecule has 0 fully saturated rings. The Labute approximate surface area is 152 Å². The van der Waals surface area contributed by atoms with E-state index in [0.29, 0.717) is 28.3 Å². The summed E-state index contributed by atoms with van der Waals surface area (Å²) in [7, 11) is 0. The summed E-state index contributed by atoms with van der Waals surface area (Å²) in [6.45, 7) is 4.96. The molecular formula is C17H16BrN5O2. The molecule has 0 bridgehead atoms. The number of tetrazole rings is 1. The van der Waals surface area contributed by atoms with Gasteiger partial charge in [-0.05, 0) is 43.7 Å². The van der Waals surface area contributed by atoms with Crippen molar-refractivity contribution in [3.63, 3.8) is 0 Å². The van der Waals surface area contributed by atoms with Crippen molar-refractivity contribution >= 4 is 27.5 Å². The molecule has 0 atom stereocenters. The van der Waals surface area contributed by atoms with Crippen LogP contribution >= 0.6 is 15.9 Å². The standard InChI is InChI=1S/C17H16BrN5O2/c1-9-15(11(3)24)10(2)19-16(9)14(25)8-23-21-17(20-22-23)12-6-4-5-7-13(12)18/h4-7,19H,8H2,1-3H3. The number of ketones is 2. The summed E-state index contributed by atoms with van der Waals surface area (Å²) in [5.41, 5.74) is 3.10. The average molecular weight is 402 g/mol. The van der Waals surface area contributed by atoms with Gasteiger partial charge in [-0.2, -0.15) is 4.80 Å². The van der Waals surface area contributed by atoms with Gasteiger partial charge in [0.05, 0.1) is 5.69 Å². The Hall–Kier alpha value is -2.61. The first-order chi connectivity index (χ1) is 11.9. The third-order valence-electron chi connectivity index (χ3n) is 3.92. The number of Topliss-reactive ketones (excluding diaryl/α,β-unsaturated/α-hetero) is 2. The van der Waals surface area contributed by atoms with Crippen LogP contribution in [0.15, 0.2) is 28.7 Å². The number of halogens is 1. The summed E-state index contributed by atoms with van der Waals surface area (Å²) in [5, 5.41) is 12.2. The van der Waals surface area contributed by atoms with Crippen LogP contribution < -0.4 is 0 Å². The van der Waals surface area contributed by atoms with Crippen molar-refractivity contribution in [2.75, 3.05) is 0 Å². The Morgan fingerprint density at radius 1 is 1.24 bits per heavy atom. The van der Waals surface area contributed by atoms with E-state index >= 15 is 0 Å². The van der Waals surface area contributed by atoms with Crippen molar-refractivity contribution in [3.05, 3.63) is 51.3 Å². The highest BCUT2D eigenvalue weighted by Gasteiger charge is 2.21. The van der Waals surface area contributed by atoms with E-state index in [9.17, 15) is 9.59 Å². The van der Waals surface area contributed by atoms with E-state index in [1.807, 2.05) is 24.3 Å². The molecule has 0 aliphatic carbocycles. The molecule has 2 heterocycles. The fraction of sp³-hybridized carbons (Fsp3) is 0.235. The number of aromatic nitrogens is 5. The number of hydrogen-bond donors (Lipinski definition) is 1. The normalized spacial score (nSPS) is 10.9. The molecule has 0 aliphatic rings. The second kappa shape index (κ2) is 6.72. The Kier molecular flexibility index (Phi) is 4.63. The number of aromatic amines is 1. The first-order valence-electron chi connectivity index (χ1n) is 7.64. The third-order valence-corrected chi connectivity index (χ3v) is 4.61. The van der Waals surface area contributed by atoms with Gasteiger partial charge in [0.1, 0.15) is 6.54 Å². The van der Waals surface area contributed by atoms with Crippen LogP contribution in [0.25, 0.3) is 11.4 Å². The number of carbonyl (C=O) groups excluding carboxylic acids is 2. The van der Waals surface area contributed by atoms with Crippen LogP contribution in [-0.2, 0) is 6.54 Å². The number of nitrogens with zero attached hydrogens (tertiary/aromatic N) is 4. The van der Waals surface area contributed by atoms with Crippen molar-refractivity contribution in [1.29, 1.82) is 0 Å². The molecule has 0 saturated heterocycles. The molecule has 2 aromatic heterocycles. The van der Waals surface area contributed by atoms with Gasteiger partial charge < -0.3 is 4.98 Å². The van der Waals surface area contributed by atoms with E-state index in [4.69, 9.17) is 0 Å². The molecule has 128 valence electrons. The fourth-order valence-electron chi connectivity index (χ4n) is 2.83. The topological polar surface area (TPSA) is 93.5 Å². The van der Waals surface area contributed by atoms with Crippen LogP contribution in [0.2, 0.25) is 0 Å². The van der Waals surface area contributed by atoms with Gasteiger partial charge in [0, 0.05) is 21.3 Å². The van der Waals surface area contributed by atoms with E-state index in [1.54, 1.807) is 13.8 Å². The molecule has 1 aromatic carbocycles. The summed E-state index contributed by atoms with van der Waals surface area (Å²) < 4.78 is 0.850. The van der Waals surface area contributed by atoms with Gasteiger partial charge in [-0.3, -0.25) is 9.59 Å². The van der Waals surface area contributed by atoms with Gasteiger partial charge in [0.2, 0.25) is 11.6 Å². The minimum Gasteiger partial charge on any atom is -0.355 e. The number of hydrogen-bond acceptors (Lipinski definition) is 5. The lowest BCUT2D eigenvalue weighted by Gasteiger charge is -2.00.